The van der Waals surface area contributed by atoms with Gasteiger partial charge in [0.15, 0.2) is 0 Å². The van der Waals surface area contributed by atoms with E-state index in [4.69, 9.17) is 4.74 Å². The molecular weight excluding hydrogens is 446 g/mol. The first kappa shape index (κ1) is 26.1. The van der Waals surface area contributed by atoms with Crippen LogP contribution in [0.15, 0.2) is 48.5 Å². The second kappa shape index (κ2) is 10.4. The van der Waals surface area contributed by atoms with Crippen molar-refractivity contribution in [2.75, 3.05) is 5.32 Å². The molecule has 0 aromatic heterocycles. The van der Waals surface area contributed by atoms with Crippen molar-refractivity contribution in [3.8, 4) is 5.75 Å². The van der Waals surface area contributed by atoms with E-state index in [0.29, 0.717) is 11.3 Å². The number of carbonyl (C=O) groups is 3. The molecule has 0 spiro atoms. The predicted octanol–water partition coefficient (Wildman–Crippen LogP) is 4.53. The summed E-state index contributed by atoms with van der Waals surface area (Å²) in [6.45, 7) is 10.7. The molecule has 0 saturated heterocycles. The number of anilines is 1. The van der Waals surface area contributed by atoms with Crippen LogP contribution in [-0.4, -0.2) is 45.6 Å². The lowest BCUT2D eigenvalue weighted by Gasteiger charge is -2.34. The van der Waals surface area contributed by atoms with Crippen molar-refractivity contribution in [1.29, 1.82) is 0 Å². The number of benzene rings is 2. The van der Waals surface area contributed by atoms with E-state index < -0.39 is 35.6 Å². The second-order valence-electron chi connectivity index (χ2n) is 10.2. The molecule has 2 aromatic rings. The molecular formula is C27H35N3O5. The van der Waals surface area contributed by atoms with Crippen molar-refractivity contribution in [1.82, 2.24) is 10.2 Å². The zero-order valence-corrected chi connectivity index (χ0v) is 21.2. The molecule has 8 nitrogen and oxygen atoms in total. The van der Waals surface area contributed by atoms with Crippen molar-refractivity contribution in [2.24, 2.45) is 5.92 Å². The Labute approximate surface area is 206 Å². The second-order valence-corrected chi connectivity index (χ2v) is 10.2. The third-order valence-corrected chi connectivity index (χ3v) is 5.90. The Morgan fingerprint density at radius 3 is 2.34 bits per heavy atom. The normalized spacial score (nSPS) is 18.7. The fraction of sp³-hybridized carbons (Fsp3) is 0.444. The lowest BCUT2D eigenvalue weighted by atomic mass is 10.0. The molecule has 1 saturated carbocycles. The number of hydrogen-bond acceptors (Lipinski definition) is 5. The Morgan fingerprint density at radius 2 is 1.77 bits per heavy atom. The summed E-state index contributed by atoms with van der Waals surface area (Å²) < 4.78 is 5.30. The maximum absolute atomic E-state index is 13.7. The van der Waals surface area contributed by atoms with E-state index in [1.807, 2.05) is 32.0 Å². The number of hydrogen-bond donors (Lipinski definition) is 3. The Bertz CT molecular complexity index is 1090. The summed E-state index contributed by atoms with van der Waals surface area (Å²) in [4.78, 5) is 41.3. The van der Waals surface area contributed by atoms with E-state index in [2.05, 4.69) is 10.6 Å². The number of amides is 3. The van der Waals surface area contributed by atoms with Crippen LogP contribution in [0.3, 0.4) is 0 Å². The number of nitrogens with zero attached hydrogens (tertiary/aromatic N) is 1. The molecule has 1 aliphatic carbocycles. The average molecular weight is 482 g/mol. The summed E-state index contributed by atoms with van der Waals surface area (Å²) in [5.74, 6) is -0.619. The highest BCUT2D eigenvalue weighted by atomic mass is 16.6. The molecule has 188 valence electrons. The van der Waals surface area contributed by atoms with E-state index in [-0.39, 0.29) is 17.7 Å². The molecule has 0 bridgehead atoms. The first-order chi connectivity index (χ1) is 16.4. The van der Waals surface area contributed by atoms with Gasteiger partial charge in [0.2, 0.25) is 5.91 Å². The summed E-state index contributed by atoms with van der Waals surface area (Å²) >= 11 is 0. The number of aryl methyl sites for hydroxylation is 1. The summed E-state index contributed by atoms with van der Waals surface area (Å²) in [5, 5.41) is 15.7. The number of carbonyl (C=O) groups excluding carboxylic acids is 3. The Morgan fingerprint density at radius 1 is 1.11 bits per heavy atom. The molecule has 1 fully saturated rings. The highest BCUT2D eigenvalue weighted by Gasteiger charge is 2.47. The third kappa shape index (κ3) is 6.74. The van der Waals surface area contributed by atoms with Crippen LogP contribution in [0.25, 0.3) is 0 Å². The highest BCUT2D eigenvalue weighted by molar-refractivity contribution is 5.99. The molecule has 3 amide bonds. The quantitative estimate of drug-likeness (QED) is 0.538. The largest absolute Gasteiger partial charge is 0.508 e. The smallest absolute Gasteiger partial charge is 0.408 e. The Hall–Kier alpha value is -3.55. The number of ether oxygens (including phenoxy) is 1. The van der Waals surface area contributed by atoms with Crippen molar-refractivity contribution in [3.05, 3.63) is 59.7 Å². The summed E-state index contributed by atoms with van der Waals surface area (Å²) in [6.07, 6.45) is 0.0260. The zero-order valence-electron chi connectivity index (χ0n) is 21.2. The molecule has 35 heavy (non-hydrogen) atoms. The Kier molecular flexibility index (Phi) is 7.73. The molecule has 0 heterocycles. The standard InChI is InChI=1S/C27H35N3O5/c1-16-10-7-8-13-21(16)29-24(32)23(19-11-9-12-20(31)15-19)30(22-14-17(22)2)25(33)18(3)28-26(34)35-27(4,5)6/h7-13,15,17-18,22-23,31H,14H2,1-6H3,(H,28,34)(H,29,32). The lowest BCUT2D eigenvalue weighted by molar-refractivity contribution is -0.141. The average Bonchev–Trinajstić information content (AvgIpc) is 3.47. The monoisotopic (exact) mass is 481 g/mol. The molecule has 8 heteroatoms. The SMILES string of the molecule is Cc1ccccc1NC(=O)C(c1cccc(O)c1)N(C(=O)C(C)NC(=O)OC(C)(C)C)C1CC1C. The van der Waals surface area contributed by atoms with Gasteiger partial charge in [0, 0.05) is 11.7 Å². The van der Waals surface area contributed by atoms with Gasteiger partial charge in [-0.25, -0.2) is 4.79 Å². The highest BCUT2D eigenvalue weighted by Crippen LogP contribution is 2.41. The zero-order chi connectivity index (χ0) is 25.9. The van der Waals surface area contributed by atoms with Crippen LogP contribution in [0, 0.1) is 12.8 Å². The van der Waals surface area contributed by atoms with E-state index in [9.17, 15) is 19.5 Å². The van der Waals surface area contributed by atoms with Crippen LogP contribution in [0.5, 0.6) is 5.75 Å². The van der Waals surface area contributed by atoms with Gasteiger partial charge in [0.25, 0.3) is 5.91 Å². The minimum absolute atomic E-state index is 0.00707. The molecule has 0 aliphatic heterocycles. The molecule has 4 unspecified atom stereocenters. The van der Waals surface area contributed by atoms with Crippen molar-refractivity contribution in [3.63, 3.8) is 0 Å². The fourth-order valence-electron chi connectivity index (χ4n) is 3.99. The first-order valence-corrected chi connectivity index (χ1v) is 11.8. The molecule has 2 aromatic carbocycles. The number of phenols is 1. The predicted molar refractivity (Wildman–Crippen MR) is 134 cm³/mol. The number of alkyl carbamates (subject to hydrolysis) is 1. The van der Waals surface area contributed by atoms with Gasteiger partial charge in [-0.3, -0.25) is 9.59 Å². The fourth-order valence-corrected chi connectivity index (χ4v) is 3.99. The molecule has 3 rings (SSSR count). The first-order valence-electron chi connectivity index (χ1n) is 11.8. The number of rotatable bonds is 7. The minimum atomic E-state index is -1.01. The maximum Gasteiger partial charge on any atom is 0.408 e. The maximum atomic E-state index is 13.7. The lowest BCUT2D eigenvalue weighted by Crippen LogP contribution is -2.52. The van der Waals surface area contributed by atoms with Crippen LogP contribution in [0.1, 0.15) is 58.2 Å². The van der Waals surface area contributed by atoms with Gasteiger partial charge in [-0.2, -0.15) is 0 Å². The van der Waals surface area contributed by atoms with Crippen molar-refractivity contribution < 1.29 is 24.2 Å². The van der Waals surface area contributed by atoms with Crippen molar-refractivity contribution in [2.45, 2.75) is 71.7 Å². The molecule has 3 N–H and O–H groups in total. The van der Waals surface area contributed by atoms with Gasteiger partial charge in [0.1, 0.15) is 23.4 Å². The number of para-hydroxylation sites is 1. The number of aromatic hydroxyl groups is 1. The van der Waals surface area contributed by atoms with E-state index >= 15 is 0 Å². The van der Waals surface area contributed by atoms with E-state index in [1.165, 1.54) is 17.0 Å². The van der Waals surface area contributed by atoms with Gasteiger partial charge < -0.3 is 25.4 Å². The van der Waals surface area contributed by atoms with Crippen LogP contribution in [0.4, 0.5) is 10.5 Å². The number of nitrogens with one attached hydrogen (secondary N) is 2. The van der Waals surface area contributed by atoms with E-state index in [0.717, 1.165) is 12.0 Å². The minimum Gasteiger partial charge on any atom is -0.508 e. The van der Waals surface area contributed by atoms with Crippen molar-refractivity contribution >= 4 is 23.6 Å². The van der Waals surface area contributed by atoms with E-state index in [1.54, 1.807) is 45.9 Å². The summed E-state index contributed by atoms with van der Waals surface area (Å²) in [5.41, 5.74) is 1.29. The van der Waals surface area contributed by atoms with Crippen LogP contribution in [0.2, 0.25) is 0 Å². The molecule has 4 atom stereocenters. The van der Waals surface area contributed by atoms with Gasteiger partial charge in [-0.05, 0) is 76.3 Å². The van der Waals surface area contributed by atoms with Gasteiger partial charge in [-0.15, -0.1) is 0 Å². The third-order valence-electron chi connectivity index (χ3n) is 5.90. The van der Waals surface area contributed by atoms with Crippen LogP contribution in [-0.2, 0) is 14.3 Å². The summed E-state index contributed by atoms with van der Waals surface area (Å²) in [7, 11) is 0. The van der Waals surface area contributed by atoms with Gasteiger partial charge in [-0.1, -0.05) is 37.3 Å². The van der Waals surface area contributed by atoms with Crippen LogP contribution < -0.4 is 10.6 Å². The van der Waals surface area contributed by atoms with Gasteiger partial charge >= 0.3 is 6.09 Å². The molecule has 0 radical (unpaired) electrons. The van der Waals surface area contributed by atoms with Crippen LogP contribution >= 0.6 is 0 Å². The Balaban J connectivity index is 1.95. The van der Waals surface area contributed by atoms with Gasteiger partial charge in [0.05, 0.1) is 0 Å². The summed E-state index contributed by atoms with van der Waals surface area (Å²) in [6, 6.07) is 11.6. The topological polar surface area (TPSA) is 108 Å². The number of phenolic OH excluding ortho intramolecular Hbond substituents is 1. The molecule has 1 aliphatic rings.